The van der Waals surface area contributed by atoms with Crippen molar-refractivity contribution in [3.63, 3.8) is 0 Å². The van der Waals surface area contributed by atoms with Gasteiger partial charge in [0.05, 0.1) is 11.3 Å². The largest absolute Gasteiger partial charge is 0.386 e. The summed E-state index contributed by atoms with van der Waals surface area (Å²) in [7, 11) is 1.69. The van der Waals surface area contributed by atoms with Gasteiger partial charge in [-0.3, -0.25) is 10.00 Å². The van der Waals surface area contributed by atoms with Crippen LogP contribution in [0.4, 0.5) is 19.4 Å². The minimum Gasteiger partial charge on any atom is -0.386 e. The van der Waals surface area contributed by atoms with Gasteiger partial charge in [-0.2, -0.15) is 5.10 Å². The van der Waals surface area contributed by atoms with Crippen LogP contribution in [0.3, 0.4) is 0 Å². The number of aryl methyl sites for hydroxylation is 2. The topological polar surface area (TPSA) is 79.2 Å². The summed E-state index contributed by atoms with van der Waals surface area (Å²) in [4.78, 5) is 11.9. The van der Waals surface area contributed by atoms with Gasteiger partial charge in [0.25, 0.3) is 0 Å². The lowest BCUT2D eigenvalue weighted by atomic mass is 10.1. The van der Waals surface area contributed by atoms with E-state index in [4.69, 9.17) is 0 Å². The van der Waals surface area contributed by atoms with E-state index in [0.717, 1.165) is 30.7 Å². The molecule has 1 atom stereocenters. The van der Waals surface area contributed by atoms with Crippen LogP contribution in [0.1, 0.15) is 30.7 Å². The van der Waals surface area contributed by atoms with Crippen LogP contribution < -0.4 is 10.6 Å². The van der Waals surface area contributed by atoms with Gasteiger partial charge in [-0.25, -0.2) is 13.6 Å². The molecule has 0 saturated heterocycles. The molecule has 1 heterocycles. The van der Waals surface area contributed by atoms with Crippen molar-refractivity contribution in [1.82, 2.24) is 15.1 Å². The van der Waals surface area contributed by atoms with Crippen molar-refractivity contribution in [2.75, 3.05) is 11.9 Å². The van der Waals surface area contributed by atoms with E-state index < -0.39 is 29.3 Å². The van der Waals surface area contributed by atoms with E-state index in [1.54, 1.807) is 13.1 Å². The molecule has 0 aliphatic carbocycles. The number of aromatic nitrogens is 2. The third-order valence-corrected chi connectivity index (χ3v) is 3.47. The second kappa shape index (κ2) is 7.87. The predicted octanol–water partition coefficient (Wildman–Crippen LogP) is 2.51. The van der Waals surface area contributed by atoms with Crippen LogP contribution in [-0.2, 0) is 13.5 Å². The fourth-order valence-electron chi connectivity index (χ4n) is 2.30. The number of aliphatic hydroxyl groups is 1. The van der Waals surface area contributed by atoms with Crippen LogP contribution in [0.5, 0.6) is 0 Å². The third-order valence-electron chi connectivity index (χ3n) is 3.47. The van der Waals surface area contributed by atoms with Crippen LogP contribution in [0.15, 0.2) is 24.3 Å². The number of hydrogen-bond acceptors (Lipinski definition) is 3. The predicted molar refractivity (Wildman–Crippen MR) is 85.5 cm³/mol. The van der Waals surface area contributed by atoms with Crippen molar-refractivity contribution in [1.29, 1.82) is 0 Å². The zero-order valence-electron chi connectivity index (χ0n) is 13.5. The van der Waals surface area contributed by atoms with E-state index in [1.165, 1.54) is 10.7 Å². The zero-order valence-corrected chi connectivity index (χ0v) is 13.5. The van der Waals surface area contributed by atoms with Gasteiger partial charge < -0.3 is 10.4 Å². The number of nitrogens with zero attached hydrogens (tertiary/aromatic N) is 2. The Morgan fingerprint density at radius 3 is 2.67 bits per heavy atom. The van der Waals surface area contributed by atoms with Crippen LogP contribution in [0.2, 0.25) is 0 Å². The number of benzene rings is 1. The van der Waals surface area contributed by atoms with Gasteiger partial charge >= 0.3 is 6.03 Å². The first-order valence-electron chi connectivity index (χ1n) is 7.62. The Morgan fingerprint density at radius 1 is 1.38 bits per heavy atom. The molecular formula is C16H20F2N4O2. The molecule has 0 bridgehead atoms. The Balaban J connectivity index is 1.93. The lowest BCUT2D eigenvalue weighted by Crippen LogP contribution is -2.33. The van der Waals surface area contributed by atoms with Gasteiger partial charge in [-0.15, -0.1) is 0 Å². The van der Waals surface area contributed by atoms with Crippen molar-refractivity contribution >= 4 is 11.8 Å². The van der Waals surface area contributed by atoms with Gasteiger partial charge in [0.15, 0.2) is 0 Å². The summed E-state index contributed by atoms with van der Waals surface area (Å²) in [6, 6.07) is 4.45. The van der Waals surface area contributed by atoms with E-state index in [9.17, 15) is 18.7 Å². The van der Waals surface area contributed by atoms with E-state index in [1.807, 2.05) is 6.92 Å². The zero-order chi connectivity index (χ0) is 17.7. The third kappa shape index (κ3) is 4.29. The minimum atomic E-state index is -1.49. The molecule has 0 aliphatic rings. The van der Waals surface area contributed by atoms with E-state index in [2.05, 4.69) is 15.7 Å². The highest BCUT2D eigenvalue weighted by Crippen LogP contribution is 2.20. The van der Waals surface area contributed by atoms with Gasteiger partial charge in [-0.1, -0.05) is 19.4 Å². The Morgan fingerprint density at radius 2 is 2.04 bits per heavy atom. The summed E-state index contributed by atoms with van der Waals surface area (Å²) < 4.78 is 28.6. The molecule has 6 nitrogen and oxygen atoms in total. The van der Waals surface area contributed by atoms with Crippen LogP contribution in [0, 0.1) is 11.6 Å². The first-order chi connectivity index (χ1) is 11.4. The molecule has 3 N–H and O–H groups in total. The van der Waals surface area contributed by atoms with Gasteiger partial charge in [0.1, 0.15) is 23.6 Å². The van der Waals surface area contributed by atoms with E-state index in [0.29, 0.717) is 5.82 Å². The van der Waals surface area contributed by atoms with Crippen LogP contribution >= 0.6 is 0 Å². The van der Waals surface area contributed by atoms with Crippen molar-refractivity contribution in [2.24, 2.45) is 7.05 Å². The molecule has 0 fully saturated rings. The number of carbonyl (C=O) groups is 1. The minimum absolute atomic E-state index is 0.330. The monoisotopic (exact) mass is 338 g/mol. The van der Waals surface area contributed by atoms with E-state index >= 15 is 0 Å². The number of anilines is 1. The number of carbonyl (C=O) groups excluding carboxylic acids is 1. The summed E-state index contributed by atoms with van der Waals surface area (Å²) in [5, 5.41) is 19.1. The van der Waals surface area contributed by atoms with Crippen molar-refractivity contribution < 1.29 is 18.7 Å². The molecule has 0 saturated carbocycles. The van der Waals surface area contributed by atoms with Crippen molar-refractivity contribution in [3.05, 3.63) is 47.2 Å². The second-order valence-corrected chi connectivity index (χ2v) is 5.38. The average molecular weight is 338 g/mol. The summed E-state index contributed by atoms with van der Waals surface area (Å²) in [6.45, 7) is 1.70. The fraction of sp³-hybridized carbons (Fsp3) is 0.375. The quantitative estimate of drug-likeness (QED) is 0.757. The Kier molecular flexibility index (Phi) is 5.86. The number of aliphatic hydroxyl groups excluding tert-OH is 1. The summed E-state index contributed by atoms with van der Waals surface area (Å²) in [5.74, 6) is -1.23. The van der Waals surface area contributed by atoms with Gasteiger partial charge in [0.2, 0.25) is 0 Å². The normalized spacial score (nSPS) is 12.0. The molecule has 2 aromatic rings. The SMILES string of the molecule is CCCc1cc(NC(=O)NCC(O)c2c(F)cccc2F)n(C)n1. The first-order valence-corrected chi connectivity index (χ1v) is 7.62. The van der Waals surface area contributed by atoms with Crippen LogP contribution in [-0.4, -0.2) is 27.5 Å². The number of hydrogen-bond donors (Lipinski definition) is 3. The Bertz CT molecular complexity index is 698. The van der Waals surface area contributed by atoms with Crippen molar-refractivity contribution in [2.45, 2.75) is 25.9 Å². The second-order valence-electron chi connectivity index (χ2n) is 5.38. The van der Waals surface area contributed by atoms with E-state index in [-0.39, 0.29) is 6.54 Å². The molecular weight excluding hydrogens is 318 g/mol. The lowest BCUT2D eigenvalue weighted by molar-refractivity contribution is 0.166. The average Bonchev–Trinajstić information content (AvgIpc) is 2.85. The lowest BCUT2D eigenvalue weighted by Gasteiger charge is -2.14. The standard InChI is InChI=1S/C16H20F2N4O2/c1-3-5-10-8-14(22(2)21-10)20-16(24)19-9-13(23)15-11(17)6-4-7-12(15)18/h4,6-8,13,23H,3,5,9H2,1-2H3,(H2,19,20,24). The van der Waals surface area contributed by atoms with Crippen molar-refractivity contribution in [3.8, 4) is 0 Å². The number of halogens is 2. The Hall–Kier alpha value is -2.48. The Labute approximate surface area is 138 Å². The number of rotatable bonds is 6. The maximum atomic E-state index is 13.6. The number of nitrogens with one attached hydrogen (secondary N) is 2. The number of amides is 2. The molecule has 1 unspecified atom stereocenters. The molecule has 1 aromatic heterocycles. The molecule has 0 radical (unpaired) electrons. The maximum Gasteiger partial charge on any atom is 0.320 e. The van der Waals surface area contributed by atoms with Crippen LogP contribution in [0.25, 0.3) is 0 Å². The molecule has 24 heavy (non-hydrogen) atoms. The first kappa shape index (κ1) is 17.9. The molecule has 0 spiro atoms. The molecule has 8 heteroatoms. The smallest absolute Gasteiger partial charge is 0.320 e. The summed E-state index contributed by atoms with van der Waals surface area (Å²) >= 11 is 0. The van der Waals surface area contributed by atoms with Gasteiger partial charge in [-0.05, 0) is 18.6 Å². The maximum absolute atomic E-state index is 13.6. The molecule has 2 rings (SSSR count). The highest BCUT2D eigenvalue weighted by Gasteiger charge is 2.18. The molecule has 130 valence electrons. The highest BCUT2D eigenvalue weighted by molar-refractivity contribution is 5.88. The molecule has 0 aliphatic heterocycles. The number of urea groups is 1. The summed E-state index contributed by atoms with van der Waals surface area (Å²) in [6.07, 6.45) is 0.241. The van der Waals surface area contributed by atoms with Gasteiger partial charge in [0, 0.05) is 19.7 Å². The highest BCUT2D eigenvalue weighted by atomic mass is 19.1. The molecule has 2 amide bonds. The molecule has 1 aromatic carbocycles. The summed E-state index contributed by atoms with van der Waals surface area (Å²) in [5.41, 5.74) is 0.382. The fourth-order valence-corrected chi connectivity index (χ4v) is 2.30.